The van der Waals surface area contributed by atoms with E-state index in [4.69, 9.17) is 0 Å². The minimum atomic E-state index is -1.28. The number of carboxylic acid groups (broad SMARTS) is 1. The van der Waals surface area contributed by atoms with E-state index in [9.17, 15) is 14.7 Å². The largest absolute Gasteiger partial charge is 1.00 e. The maximum atomic E-state index is 13.1. The van der Waals surface area contributed by atoms with Gasteiger partial charge in [0.2, 0.25) is 0 Å². The van der Waals surface area contributed by atoms with Crippen LogP contribution in [0.2, 0.25) is 0 Å². The van der Waals surface area contributed by atoms with Gasteiger partial charge in [-0.2, -0.15) is 11.8 Å². The van der Waals surface area contributed by atoms with Crippen LogP contribution in [0.15, 0.2) is 61.2 Å². The van der Waals surface area contributed by atoms with Crippen molar-refractivity contribution in [1.82, 2.24) is 15.3 Å². The van der Waals surface area contributed by atoms with Gasteiger partial charge in [-0.05, 0) is 59.7 Å². The molecule has 0 bridgehead atoms. The molecule has 0 aliphatic rings. The van der Waals surface area contributed by atoms with Gasteiger partial charge in [0.15, 0.2) is 0 Å². The van der Waals surface area contributed by atoms with Crippen molar-refractivity contribution >= 4 is 35.8 Å². The van der Waals surface area contributed by atoms with Gasteiger partial charge < -0.3 is 15.2 Å². The molecular formula is C25H24LiN3O3S. The van der Waals surface area contributed by atoms with Crippen molar-refractivity contribution < 1.29 is 33.6 Å². The molecule has 1 heterocycles. The van der Waals surface area contributed by atoms with Gasteiger partial charge in [0.05, 0.1) is 12.0 Å². The quantitative estimate of drug-likeness (QED) is 0.466. The van der Waals surface area contributed by atoms with E-state index < -0.39 is 17.9 Å². The summed E-state index contributed by atoms with van der Waals surface area (Å²) in [7, 11) is 0. The van der Waals surface area contributed by atoms with Crippen LogP contribution in [0.1, 0.15) is 33.5 Å². The molecule has 2 aromatic carbocycles. The Bertz CT molecular complexity index is 1120. The zero-order valence-electron chi connectivity index (χ0n) is 18.9. The number of nitrogens with one attached hydrogen (secondary N) is 1. The normalized spacial score (nSPS) is 11.6. The third-order valence-electron chi connectivity index (χ3n) is 4.97. The molecule has 3 rings (SSSR count). The first-order valence-electron chi connectivity index (χ1n) is 10.1. The van der Waals surface area contributed by atoms with Crippen molar-refractivity contribution in [3.8, 4) is 11.1 Å². The minimum absolute atomic E-state index is 0. The summed E-state index contributed by atoms with van der Waals surface area (Å²) in [6, 6.07) is 12.2. The van der Waals surface area contributed by atoms with Crippen LogP contribution in [0.3, 0.4) is 0 Å². The monoisotopic (exact) mass is 453 g/mol. The van der Waals surface area contributed by atoms with Crippen molar-refractivity contribution in [2.24, 2.45) is 0 Å². The van der Waals surface area contributed by atoms with Crippen molar-refractivity contribution in [3.63, 3.8) is 0 Å². The Morgan fingerprint density at radius 3 is 2.42 bits per heavy atom. The molecule has 0 unspecified atom stereocenters. The van der Waals surface area contributed by atoms with Crippen LogP contribution >= 0.6 is 11.8 Å². The number of aromatic nitrogens is 2. The number of carboxylic acids is 1. The number of hydrogen-bond acceptors (Lipinski definition) is 6. The zero-order valence-corrected chi connectivity index (χ0v) is 19.8. The number of aryl methyl sites for hydroxylation is 1. The first kappa shape index (κ1) is 26.4. The van der Waals surface area contributed by atoms with Crippen LogP contribution in [-0.2, 0) is 4.79 Å². The van der Waals surface area contributed by atoms with Gasteiger partial charge in [-0.1, -0.05) is 42.5 Å². The molecule has 8 heteroatoms. The minimum Gasteiger partial charge on any atom is -0.548 e. The van der Waals surface area contributed by atoms with Crippen molar-refractivity contribution in [3.05, 3.63) is 83.4 Å². The Hall–Kier alpha value is -2.85. The summed E-state index contributed by atoms with van der Waals surface area (Å²) >= 11 is 1.52. The second-order valence-electron chi connectivity index (χ2n) is 7.25. The Balaban J connectivity index is 0.00000385. The van der Waals surface area contributed by atoms with Gasteiger partial charge in [0.25, 0.3) is 5.91 Å². The van der Waals surface area contributed by atoms with E-state index in [1.165, 1.54) is 18.1 Å². The summed E-state index contributed by atoms with van der Waals surface area (Å²) in [5.74, 6) is -1.11. The number of benzene rings is 2. The number of nitrogens with zero attached hydrogens (tertiary/aromatic N) is 2. The standard InChI is InChI=1S/C25H25N3O3S.Li/c1-17-5-3-4-6-20(17)22-13-18(7-8-19-14-26-16-27-15-19)9-10-21(22)24(29)28-23(25(30)31)11-12-32-2;/h3-10,13-16,23H,11-12H2,1-2H3,(H,28,29)(H,30,31);/q;+1/p-1/t23-;/m0./s1. The third-order valence-corrected chi connectivity index (χ3v) is 5.62. The average Bonchev–Trinajstić information content (AvgIpc) is 2.81. The van der Waals surface area contributed by atoms with E-state index in [1.807, 2.05) is 61.7 Å². The van der Waals surface area contributed by atoms with Crippen LogP contribution in [0.25, 0.3) is 23.3 Å². The average molecular weight is 453 g/mol. The van der Waals surface area contributed by atoms with Crippen molar-refractivity contribution in [1.29, 1.82) is 0 Å². The van der Waals surface area contributed by atoms with Gasteiger partial charge in [-0.25, -0.2) is 9.97 Å². The van der Waals surface area contributed by atoms with E-state index in [2.05, 4.69) is 15.3 Å². The Morgan fingerprint density at radius 1 is 1.06 bits per heavy atom. The number of carbonyl (C=O) groups excluding carboxylic acids is 2. The zero-order chi connectivity index (χ0) is 22.9. The molecule has 0 fully saturated rings. The fourth-order valence-electron chi connectivity index (χ4n) is 3.27. The molecule has 164 valence electrons. The van der Waals surface area contributed by atoms with Crippen LogP contribution in [0.4, 0.5) is 0 Å². The van der Waals surface area contributed by atoms with E-state index >= 15 is 0 Å². The number of thioether (sulfide) groups is 1. The summed E-state index contributed by atoms with van der Waals surface area (Å²) < 4.78 is 0. The number of rotatable bonds is 9. The van der Waals surface area contributed by atoms with Crippen LogP contribution in [0.5, 0.6) is 0 Å². The van der Waals surface area contributed by atoms with E-state index in [0.717, 1.165) is 27.8 Å². The molecular weight excluding hydrogens is 429 g/mol. The molecule has 0 spiro atoms. The van der Waals surface area contributed by atoms with Crippen LogP contribution in [-0.4, -0.2) is 39.9 Å². The number of carbonyl (C=O) groups is 2. The molecule has 1 N–H and O–H groups in total. The Morgan fingerprint density at radius 2 is 1.76 bits per heavy atom. The summed E-state index contributed by atoms with van der Waals surface area (Å²) in [5, 5.41) is 14.1. The second kappa shape index (κ2) is 13.0. The van der Waals surface area contributed by atoms with Crippen molar-refractivity contribution in [2.75, 3.05) is 12.0 Å². The first-order valence-corrected chi connectivity index (χ1v) is 11.5. The molecule has 0 radical (unpaired) electrons. The molecule has 6 nitrogen and oxygen atoms in total. The van der Waals surface area contributed by atoms with E-state index in [1.54, 1.807) is 18.5 Å². The molecule has 0 saturated heterocycles. The molecule has 0 aliphatic heterocycles. The maximum Gasteiger partial charge on any atom is 1.00 e. The molecule has 0 aliphatic carbocycles. The molecule has 1 aromatic heterocycles. The topological polar surface area (TPSA) is 95.0 Å². The number of aliphatic carboxylic acids is 1. The van der Waals surface area contributed by atoms with Gasteiger partial charge in [-0.15, -0.1) is 0 Å². The predicted octanol–water partition coefficient (Wildman–Crippen LogP) is 0.228. The summed E-state index contributed by atoms with van der Waals surface area (Å²) in [5.41, 5.74) is 4.81. The third kappa shape index (κ3) is 7.33. The first-order chi connectivity index (χ1) is 15.5. The molecule has 1 atom stereocenters. The summed E-state index contributed by atoms with van der Waals surface area (Å²) in [4.78, 5) is 32.6. The second-order valence-corrected chi connectivity index (χ2v) is 8.24. The Kier molecular flexibility index (Phi) is 10.4. The smallest absolute Gasteiger partial charge is 0.548 e. The van der Waals surface area contributed by atoms with E-state index in [-0.39, 0.29) is 18.9 Å². The molecule has 3 aromatic rings. The van der Waals surface area contributed by atoms with Gasteiger partial charge in [0, 0.05) is 23.5 Å². The molecule has 1 amide bonds. The van der Waals surface area contributed by atoms with Gasteiger partial charge in [-0.3, -0.25) is 4.79 Å². The van der Waals surface area contributed by atoms with Gasteiger partial charge in [0.1, 0.15) is 6.33 Å². The van der Waals surface area contributed by atoms with Crippen LogP contribution in [0, 0.1) is 6.92 Å². The predicted molar refractivity (Wildman–Crippen MR) is 127 cm³/mol. The maximum absolute atomic E-state index is 13.1. The molecule has 33 heavy (non-hydrogen) atoms. The summed E-state index contributed by atoms with van der Waals surface area (Å²) in [6.07, 6.45) is 10.9. The fourth-order valence-corrected chi connectivity index (χ4v) is 3.74. The van der Waals surface area contributed by atoms with Gasteiger partial charge >= 0.3 is 18.9 Å². The van der Waals surface area contributed by atoms with Crippen molar-refractivity contribution in [2.45, 2.75) is 19.4 Å². The number of amides is 1. The Labute approximate surface area is 210 Å². The van der Waals surface area contributed by atoms with Crippen LogP contribution < -0.4 is 29.3 Å². The SMILES string of the molecule is CSCC[C@H](NC(=O)c1ccc(C=Cc2cncnc2)cc1-c1ccccc1C)C(=O)[O-].[Li+]. The molecule has 0 saturated carbocycles. The number of hydrogen-bond donors (Lipinski definition) is 1. The summed E-state index contributed by atoms with van der Waals surface area (Å²) in [6.45, 7) is 1.98. The van der Waals surface area contributed by atoms with E-state index in [0.29, 0.717) is 17.7 Å². The fraction of sp³-hybridized carbons (Fsp3) is 0.200.